The van der Waals surface area contributed by atoms with Gasteiger partial charge < -0.3 is 10.1 Å². The Kier molecular flexibility index (Phi) is 4.97. The molecular formula is C19H26FN3O2. The molecule has 0 bridgehead atoms. The van der Waals surface area contributed by atoms with Crippen LogP contribution in [-0.4, -0.2) is 36.0 Å². The third-order valence-corrected chi connectivity index (χ3v) is 5.39. The summed E-state index contributed by atoms with van der Waals surface area (Å²) in [6.07, 6.45) is 6.48. The number of carbonyl (C=O) groups excluding carboxylic acids is 1. The van der Waals surface area contributed by atoms with Crippen LogP contribution >= 0.6 is 0 Å². The number of likely N-dealkylation sites (N-methyl/N-ethyl adjacent to an activating group) is 1. The lowest BCUT2D eigenvalue weighted by Crippen LogP contribution is -2.53. The number of ether oxygens (including phenoxy) is 1. The van der Waals surface area contributed by atoms with Crippen LogP contribution in [0, 0.1) is 24.1 Å². The van der Waals surface area contributed by atoms with Crippen molar-refractivity contribution in [2.45, 2.75) is 51.0 Å². The minimum absolute atomic E-state index is 0.0966. The maximum atomic E-state index is 13.5. The second-order valence-corrected chi connectivity index (χ2v) is 7.33. The van der Waals surface area contributed by atoms with Crippen molar-refractivity contribution in [1.82, 2.24) is 10.2 Å². The Hall–Kier alpha value is -2.11. The van der Waals surface area contributed by atoms with Crippen molar-refractivity contribution >= 4 is 11.9 Å². The number of benzene rings is 1. The maximum absolute atomic E-state index is 13.5. The highest BCUT2D eigenvalue weighted by molar-refractivity contribution is 6.07. The van der Waals surface area contributed by atoms with Gasteiger partial charge in [0.25, 0.3) is 5.91 Å². The van der Waals surface area contributed by atoms with Crippen LogP contribution in [0.4, 0.5) is 4.39 Å². The number of halogens is 1. The smallest absolute Gasteiger partial charge is 0.258 e. The summed E-state index contributed by atoms with van der Waals surface area (Å²) >= 11 is 0. The molecule has 136 valence electrons. The first-order chi connectivity index (χ1) is 11.9. The highest BCUT2D eigenvalue weighted by Crippen LogP contribution is 2.34. The fraction of sp³-hybridized carbons (Fsp3) is 0.579. The summed E-state index contributed by atoms with van der Waals surface area (Å²) in [7, 11) is 1.60. The number of aryl methyl sites for hydroxylation is 1. The third-order valence-electron chi connectivity index (χ3n) is 5.39. The van der Waals surface area contributed by atoms with E-state index in [9.17, 15) is 9.18 Å². The minimum atomic E-state index is -0.938. The molecule has 1 unspecified atom stereocenters. The summed E-state index contributed by atoms with van der Waals surface area (Å²) in [5, 5.41) is 11.1. The Morgan fingerprint density at radius 2 is 2.08 bits per heavy atom. The number of rotatable bonds is 5. The lowest BCUT2D eigenvalue weighted by atomic mass is 9.79. The van der Waals surface area contributed by atoms with Crippen molar-refractivity contribution in [3.63, 3.8) is 0 Å². The van der Waals surface area contributed by atoms with Crippen molar-refractivity contribution in [1.29, 1.82) is 5.41 Å². The molecule has 5 nitrogen and oxygen atoms in total. The first kappa shape index (κ1) is 17.7. The molecule has 25 heavy (non-hydrogen) atoms. The predicted molar refractivity (Wildman–Crippen MR) is 94.2 cm³/mol. The highest BCUT2D eigenvalue weighted by atomic mass is 19.1. The summed E-state index contributed by atoms with van der Waals surface area (Å²) in [6, 6.07) is 4.40. The lowest BCUT2D eigenvalue weighted by molar-refractivity contribution is -0.132. The molecule has 3 rings (SSSR count). The van der Waals surface area contributed by atoms with Gasteiger partial charge in [-0.05, 0) is 30.9 Å². The average Bonchev–Trinajstić information content (AvgIpc) is 2.81. The maximum Gasteiger partial charge on any atom is 0.258 e. The number of hydrogen-bond donors (Lipinski definition) is 2. The molecule has 2 aliphatic rings. The van der Waals surface area contributed by atoms with Gasteiger partial charge in [0, 0.05) is 13.1 Å². The molecule has 0 radical (unpaired) electrons. The first-order valence-electron chi connectivity index (χ1n) is 8.95. The van der Waals surface area contributed by atoms with Gasteiger partial charge in [0.15, 0.2) is 11.5 Å². The van der Waals surface area contributed by atoms with E-state index >= 15 is 0 Å². The normalized spacial score (nSPS) is 24.5. The number of guanidine groups is 1. The molecule has 1 heterocycles. The lowest BCUT2D eigenvalue weighted by Gasteiger charge is -2.32. The van der Waals surface area contributed by atoms with Crippen LogP contribution in [0.1, 0.15) is 44.1 Å². The van der Waals surface area contributed by atoms with Gasteiger partial charge in [0.2, 0.25) is 0 Å². The average molecular weight is 347 g/mol. The van der Waals surface area contributed by atoms with Crippen LogP contribution in [0.2, 0.25) is 0 Å². The summed E-state index contributed by atoms with van der Waals surface area (Å²) in [5.41, 5.74) is -0.116. The standard InChI is InChI=1S/C19H26FN3O2/c1-13-8-9-15(20)10-16(13)25-12-19(11-14-6-4-3-5-7-14)17(24)23(2)18(21)22-19/h8-10,14H,3-7,11-12H2,1-2H3,(H2,21,22). The largest absolute Gasteiger partial charge is 0.490 e. The SMILES string of the molecule is Cc1ccc(F)cc1OCC1(CC2CCCCC2)NC(=N)N(C)C1=O. The van der Waals surface area contributed by atoms with Gasteiger partial charge in [-0.15, -0.1) is 0 Å². The van der Waals surface area contributed by atoms with Gasteiger partial charge in [0.1, 0.15) is 18.2 Å². The first-order valence-corrected chi connectivity index (χ1v) is 8.95. The molecule has 1 aromatic rings. The van der Waals surface area contributed by atoms with Gasteiger partial charge in [-0.2, -0.15) is 0 Å². The highest BCUT2D eigenvalue weighted by Gasteiger charge is 2.50. The topological polar surface area (TPSA) is 65.4 Å². The van der Waals surface area contributed by atoms with Crippen LogP contribution in [-0.2, 0) is 4.79 Å². The Balaban J connectivity index is 1.80. The van der Waals surface area contributed by atoms with Gasteiger partial charge >= 0.3 is 0 Å². The monoisotopic (exact) mass is 347 g/mol. The van der Waals surface area contributed by atoms with Crippen LogP contribution in [0.5, 0.6) is 5.75 Å². The quantitative estimate of drug-likeness (QED) is 0.859. The third kappa shape index (κ3) is 3.62. The van der Waals surface area contributed by atoms with E-state index in [0.717, 1.165) is 18.4 Å². The Morgan fingerprint density at radius 1 is 1.36 bits per heavy atom. The number of hydrogen-bond acceptors (Lipinski definition) is 3. The van der Waals surface area contributed by atoms with Crippen molar-refractivity contribution in [3.8, 4) is 5.75 Å². The van der Waals surface area contributed by atoms with Gasteiger partial charge in [-0.3, -0.25) is 15.1 Å². The summed E-state index contributed by atoms with van der Waals surface area (Å²) in [4.78, 5) is 14.2. The molecule has 1 aliphatic heterocycles. The Labute approximate surface area is 148 Å². The molecule has 1 atom stereocenters. The molecular weight excluding hydrogens is 321 g/mol. The van der Waals surface area contributed by atoms with Gasteiger partial charge in [-0.1, -0.05) is 38.2 Å². The minimum Gasteiger partial charge on any atom is -0.490 e. The summed E-state index contributed by atoms with van der Waals surface area (Å²) in [5.74, 6) is 0.482. The molecule has 0 aromatic heterocycles. The summed E-state index contributed by atoms with van der Waals surface area (Å²) in [6.45, 7) is 1.94. The van der Waals surface area contributed by atoms with E-state index in [2.05, 4.69) is 5.32 Å². The van der Waals surface area contributed by atoms with E-state index < -0.39 is 5.54 Å². The number of carbonyl (C=O) groups is 1. The van der Waals surface area contributed by atoms with Crippen molar-refractivity contribution in [2.24, 2.45) is 5.92 Å². The number of amides is 1. The molecule has 1 saturated carbocycles. The van der Waals surface area contributed by atoms with Crippen LogP contribution in [0.15, 0.2) is 18.2 Å². The molecule has 1 aromatic carbocycles. The second kappa shape index (κ2) is 7.02. The zero-order valence-electron chi connectivity index (χ0n) is 14.9. The van der Waals surface area contributed by atoms with E-state index in [1.54, 1.807) is 13.1 Å². The van der Waals surface area contributed by atoms with Crippen LogP contribution in [0.3, 0.4) is 0 Å². The van der Waals surface area contributed by atoms with Gasteiger partial charge in [-0.25, -0.2) is 4.39 Å². The summed E-state index contributed by atoms with van der Waals surface area (Å²) < 4.78 is 19.4. The zero-order chi connectivity index (χ0) is 18.0. The number of nitrogens with one attached hydrogen (secondary N) is 2. The molecule has 1 saturated heterocycles. The van der Waals surface area contributed by atoms with Crippen LogP contribution in [0.25, 0.3) is 0 Å². The van der Waals surface area contributed by atoms with E-state index in [1.165, 1.54) is 36.3 Å². The second-order valence-electron chi connectivity index (χ2n) is 7.33. The molecule has 2 N–H and O–H groups in total. The molecule has 1 aliphatic carbocycles. The van der Waals surface area contributed by atoms with E-state index in [1.807, 2.05) is 6.92 Å². The van der Waals surface area contributed by atoms with Crippen molar-refractivity contribution in [2.75, 3.05) is 13.7 Å². The molecule has 6 heteroatoms. The van der Waals surface area contributed by atoms with Crippen LogP contribution < -0.4 is 10.1 Å². The zero-order valence-corrected chi connectivity index (χ0v) is 14.9. The Bertz CT molecular complexity index is 673. The molecule has 2 fully saturated rings. The molecule has 0 spiro atoms. The van der Waals surface area contributed by atoms with Crippen molar-refractivity contribution < 1.29 is 13.9 Å². The predicted octanol–water partition coefficient (Wildman–Crippen LogP) is 3.22. The number of nitrogens with zero attached hydrogens (tertiary/aromatic N) is 1. The fourth-order valence-electron chi connectivity index (χ4n) is 3.90. The molecule has 1 amide bonds. The van der Waals surface area contributed by atoms with Gasteiger partial charge in [0.05, 0.1) is 0 Å². The Morgan fingerprint density at radius 3 is 2.72 bits per heavy atom. The van der Waals surface area contributed by atoms with E-state index in [0.29, 0.717) is 18.1 Å². The fourth-order valence-corrected chi connectivity index (χ4v) is 3.90. The van der Waals surface area contributed by atoms with E-state index in [4.69, 9.17) is 10.1 Å². The van der Waals surface area contributed by atoms with E-state index in [-0.39, 0.29) is 24.3 Å². The van der Waals surface area contributed by atoms with Crippen molar-refractivity contribution in [3.05, 3.63) is 29.6 Å².